The van der Waals surface area contributed by atoms with Crippen LogP contribution in [0.1, 0.15) is 30.0 Å². The van der Waals surface area contributed by atoms with Crippen molar-refractivity contribution >= 4 is 11.6 Å². The largest absolute Gasteiger partial charge is 0.303 e. The maximum Gasteiger partial charge on any atom is 0.153 e. The summed E-state index contributed by atoms with van der Waals surface area (Å²) < 4.78 is 1.97. The van der Waals surface area contributed by atoms with Crippen molar-refractivity contribution in [3.05, 3.63) is 101 Å². The lowest BCUT2D eigenvalue weighted by atomic mass is 9.93. The van der Waals surface area contributed by atoms with Crippen LogP contribution in [0, 0.1) is 0 Å². The normalized spacial score (nSPS) is 15.2. The summed E-state index contributed by atoms with van der Waals surface area (Å²) in [5.41, 5.74) is 4.72. The van der Waals surface area contributed by atoms with E-state index in [1.165, 1.54) is 5.56 Å². The molecule has 162 valence electrons. The second-order valence-electron chi connectivity index (χ2n) is 8.41. The number of halogens is 1. The second-order valence-corrected chi connectivity index (χ2v) is 8.85. The molecule has 4 aromatic rings. The summed E-state index contributed by atoms with van der Waals surface area (Å²) in [6, 6.07) is 26.9. The summed E-state index contributed by atoms with van der Waals surface area (Å²) in [6.07, 6.45) is 5.19. The van der Waals surface area contributed by atoms with Crippen LogP contribution in [0.25, 0.3) is 17.1 Å². The van der Waals surface area contributed by atoms with Crippen LogP contribution < -0.4 is 0 Å². The van der Waals surface area contributed by atoms with E-state index in [0.717, 1.165) is 66.7 Å². The molecule has 0 unspecified atom stereocenters. The van der Waals surface area contributed by atoms with Crippen LogP contribution in [0.4, 0.5) is 0 Å². The number of benzene rings is 2. The van der Waals surface area contributed by atoms with Gasteiger partial charge in [0, 0.05) is 29.2 Å². The van der Waals surface area contributed by atoms with Crippen molar-refractivity contribution < 1.29 is 0 Å². The SMILES string of the molecule is Clc1ccc(-c2cc(C3CCN(CCc4ccccc4)CC3)nn2-c2ccccn2)cc1. The molecule has 4 nitrogen and oxygen atoms in total. The van der Waals surface area contributed by atoms with Gasteiger partial charge in [-0.05, 0) is 68.2 Å². The third-order valence-electron chi connectivity index (χ3n) is 6.30. The van der Waals surface area contributed by atoms with Crippen LogP contribution >= 0.6 is 11.6 Å². The van der Waals surface area contributed by atoms with Crippen molar-refractivity contribution in [2.24, 2.45) is 0 Å². The zero-order valence-corrected chi connectivity index (χ0v) is 18.8. The predicted octanol–water partition coefficient (Wildman–Crippen LogP) is 6.01. The summed E-state index contributed by atoms with van der Waals surface area (Å²) in [4.78, 5) is 7.13. The molecule has 3 heterocycles. The first-order chi connectivity index (χ1) is 15.8. The predicted molar refractivity (Wildman–Crippen MR) is 130 cm³/mol. The molecule has 32 heavy (non-hydrogen) atoms. The van der Waals surface area contributed by atoms with E-state index >= 15 is 0 Å². The van der Waals surface area contributed by atoms with Gasteiger partial charge in [-0.1, -0.05) is 60.1 Å². The van der Waals surface area contributed by atoms with E-state index in [4.69, 9.17) is 16.7 Å². The first kappa shape index (κ1) is 20.9. The molecular formula is C27H27ClN4. The van der Waals surface area contributed by atoms with E-state index in [9.17, 15) is 0 Å². The quantitative estimate of drug-likeness (QED) is 0.366. The molecule has 1 aliphatic rings. The van der Waals surface area contributed by atoms with Gasteiger partial charge in [-0.15, -0.1) is 0 Å². The Kier molecular flexibility index (Phi) is 6.33. The van der Waals surface area contributed by atoms with Crippen LogP contribution in [0.3, 0.4) is 0 Å². The van der Waals surface area contributed by atoms with Gasteiger partial charge in [-0.3, -0.25) is 0 Å². The molecule has 0 amide bonds. The van der Waals surface area contributed by atoms with E-state index < -0.39 is 0 Å². The highest BCUT2D eigenvalue weighted by Crippen LogP contribution is 2.32. The molecule has 0 N–H and O–H groups in total. The Balaban J connectivity index is 1.32. The third kappa shape index (κ3) is 4.77. The average molecular weight is 443 g/mol. The molecule has 0 spiro atoms. The lowest BCUT2D eigenvalue weighted by Crippen LogP contribution is -2.34. The zero-order valence-electron chi connectivity index (χ0n) is 18.1. The molecule has 1 saturated heterocycles. The van der Waals surface area contributed by atoms with Gasteiger partial charge in [-0.25, -0.2) is 9.67 Å². The highest BCUT2D eigenvalue weighted by molar-refractivity contribution is 6.30. The second kappa shape index (κ2) is 9.68. The van der Waals surface area contributed by atoms with Gasteiger partial charge < -0.3 is 4.90 Å². The lowest BCUT2D eigenvalue weighted by molar-refractivity contribution is 0.213. The van der Waals surface area contributed by atoms with Crippen molar-refractivity contribution in [1.82, 2.24) is 19.7 Å². The van der Waals surface area contributed by atoms with E-state index in [0.29, 0.717) is 5.92 Å². The van der Waals surface area contributed by atoms with E-state index in [1.54, 1.807) is 0 Å². The number of likely N-dealkylation sites (tertiary alicyclic amines) is 1. The van der Waals surface area contributed by atoms with Crippen LogP contribution in [0.2, 0.25) is 5.02 Å². The minimum atomic E-state index is 0.471. The van der Waals surface area contributed by atoms with Crippen molar-refractivity contribution in [3.8, 4) is 17.1 Å². The molecule has 0 saturated carbocycles. The van der Waals surface area contributed by atoms with Crippen molar-refractivity contribution in [1.29, 1.82) is 0 Å². The summed E-state index contributed by atoms with van der Waals surface area (Å²) in [6.45, 7) is 3.35. The van der Waals surface area contributed by atoms with E-state index in [2.05, 4.69) is 58.4 Å². The van der Waals surface area contributed by atoms with Crippen LogP contribution in [0.5, 0.6) is 0 Å². The number of nitrogens with zero attached hydrogens (tertiary/aromatic N) is 4. The molecule has 0 bridgehead atoms. The maximum absolute atomic E-state index is 6.12. The number of hydrogen-bond donors (Lipinski definition) is 0. The molecule has 1 aliphatic heterocycles. The van der Waals surface area contributed by atoms with Crippen LogP contribution in [-0.2, 0) is 6.42 Å². The monoisotopic (exact) mass is 442 g/mol. The third-order valence-corrected chi connectivity index (χ3v) is 6.55. The fourth-order valence-corrected chi connectivity index (χ4v) is 4.59. The Labute approximate surface area is 194 Å². The molecule has 0 atom stereocenters. The Bertz CT molecular complexity index is 1130. The average Bonchev–Trinajstić information content (AvgIpc) is 3.30. The fraction of sp³-hybridized carbons (Fsp3) is 0.259. The first-order valence-electron chi connectivity index (χ1n) is 11.3. The van der Waals surface area contributed by atoms with Crippen LogP contribution in [-0.4, -0.2) is 39.3 Å². The molecule has 1 fully saturated rings. The summed E-state index contributed by atoms with van der Waals surface area (Å²) in [5, 5.41) is 5.76. The summed E-state index contributed by atoms with van der Waals surface area (Å²) >= 11 is 6.12. The van der Waals surface area contributed by atoms with Gasteiger partial charge in [-0.2, -0.15) is 5.10 Å². The summed E-state index contributed by atoms with van der Waals surface area (Å²) in [7, 11) is 0. The Hall–Kier alpha value is -2.95. The van der Waals surface area contributed by atoms with Gasteiger partial charge in [0.15, 0.2) is 5.82 Å². The number of pyridine rings is 1. The number of piperidine rings is 1. The van der Waals surface area contributed by atoms with Crippen molar-refractivity contribution in [2.45, 2.75) is 25.2 Å². The highest BCUT2D eigenvalue weighted by atomic mass is 35.5. The van der Waals surface area contributed by atoms with Gasteiger partial charge in [0.1, 0.15) is 0 Å². The van der Waals surface area contributed by atoms with Crippen molar-refractivity contribution in [2.75, 3.05) is 19.6 Å². The van der Waals surface area contributed by atoms with Gasteiger partial charge in [0.05, 0.1) is 11.4 Å². The standard InChI is InChI=1S/C27H27ClN4/c28-24-11-9-23(10-12-24)26-20-25(30-32(26)27-8-4-5-16-29-27)22-14-18-31(19-15-22)17-13-21-6-2-1-3-7-21/h1-12,16,20,22H,13-15,17-19H2. The van der Waals surface area contributed by atoms with Gasteiger partial charge in [0.25, 0.3) is 0 Å². The molecule has 5 rings (SSSR count). The highest BCUT2D eigenvalue weighted by Gasteiger charge is 2.24. The summed E-state index contributed by atoms with van der Waals surface area (Å²) in [5.74, 6) is 1.31. The molecule has 2 aromatic carbocycles. The first-order valence-corrected chi connectivity index (χ1v) is 11.7. The topological polar surface area (TPSA) is 34.0 Å². The van der Waals surface area contributed by atoms with Gasteiger partial charge >= 0.3 is 0 Å². The molecule has 2 aromatic heterocycles. The Morgan fingerprint density at radius 1 is 0.875 bits per heavy atom. The van der Waals surface area contributed by atoms with Crippen molar-refractivity contribution in [3.63, 3.8) is 0 Å². The zero-order chi connectivity index (χ0) is 21.8. The smallest absolute Gasteiger partial charge is 0.153 e. The lowest BCUT2D eigenvalue weighted by Gasteiger charge is -2.31. The Morgan fingerprint density at radius 3 is 2.34 bits per heavy atom. The van der Waals surface area contributed by atoms with Crippen LogP contribution in [0.15, 0.2) is 85.1 Å². The fourth-order valence-electron chi connectivity index (χ4n) is 4.46. The number of rotatable bonds is 6. The van der Waals surface area contributed by atoms with E-state index in [1.807, 2.05) is 41.2 Å². The number of aromatic nitrogens is 3. The Morgan fingerprint density at radius 2 is 1.62 bits per heavy atom. The number of hydrogen-bond acceptors (Lipinski definition) is 3. The minimum Gasteiger partial charge on any atom is -0.303 e. The molecule has 5 heteroatoms. The minimum absolute atomic E-state index is 0.471. The van der Waals surface area contributed by atoms with Gasteiger partial charge in [0.2, 0.25) is 0 Å². The molecule has 0 aliphatic carbocycles. The molecular weight excluding hydrogens is 416 g/mol. The van der Waals surface area contributed by atoms with E-state index in [-0.39, 0.29) is 0 Å². The maximum atomic E-state index is 6.12. The molecule has 0 radical (unpaired) electrons.